The minimum atomic E-state index is -2.06. The highest BCUT2D eigenvalue weighted by Crippen LogP contribution is 2.14. The molecule has 0 N–H and O–H groups in total. The summed E-state index contributed by atoms with van der Waals surface area (Å²) in [5.74, 6) is 0. The number of nitrogens with zero attached hydrogens (tertiary/aromatic N) is 1. The molecule has 0 saturated carbocycles. The summed E-state index contributed by atoms with van der Waals surface area (Å²) in [6.45, 7) is 9.49. The minimum absolute atomic E-state index is 0.478. The van der Waals surface area contributed by atoms with Gasteiger partial charge in [0.15, 0.2) is 0 Å². The summed E-state index contributed by atoms with van der Waals surface area (Å²) >= 11 is 0. The van der Waals surface area contributed by atoms with Crippen molar-refractivity contribution < 1.29 is 8.85 Å². The van der Waals surface area contributed by atoms with Crippen molar-refractivity contribution in [2.75, 3.05) is 20.8 Å². The Morgan fingerprint density at radius 2 is 1.67 bits per heavy atom. The molecule has 0 aliphatic heterocycles. The lowest BCUT2D eigenvalue weighted by atomic mass is 10.4. The van der Waals surface area contributed by atoms with E-state index in [2.05, 4.69) is 31.9 Å². The van der Waals surface area contributed by atoms with E-state index in [0.29, 0.717) is 6.04 Å². The summed E-state index contributed by atoms with van der Waals surface area (Å²) in [6.07, 6.45) is 0. The molecule has 0 spiro atoms. The minimum Gasteiger partial charge on any atom is -0.386 e. The summed E-state index contributed by atoms with van der Waals surface area (Å²) in [5, 5.41) is 0. The van der Waals surface area contributed by atoms with Gasteiger partial charge in [-0.2, -0.15) is 0 Å². The van der Waals surface area contributed by atoms with Crippen molar-refractivity contribution in [3.05, 3.63) is 0 Å². The largest absolute Gasteiger partial charge is 0.424 e. The van der Waals surface area contributed by atoms with Crippen molar-refractivity contribution in [3.8, 4) is 0 Å². The van der Waals surface area contributed by atoms with E-state index in [1.165, 1.54) is 0 Å². The zero-order valence-electron chi connectivity index (χ0n) is 9.05. The van der Waals surface area contributed by atoms with Crippen LogP contribution in [0, 0.1) is 0 Å². The molecular weight excluding hydrogens is 170 g/mol. The number of hydrogen-bond donors (Lipinski definition) is 0. The standard InChI is InChI=1S/C8H21NO2Si/c1-7-9(8(2)3)12(6,10-4)11-5/h8H,7H2,1-6H3. The summed E-state index contributed by atoms with van der Waals surface area (Å²) in [5.41, 5.74) is 0. The van der Waals surface area contributed by atoms with Crippen LogP contribution in [0.2, 0.25) is 6.55 Å². The topological polar surface area (TPSA) is 21.7 Å². The lowest BCUT2D eigenvalue weighted by Crippen LogP contribution is -2.57. The van der Waals surface area contributed by atoms with Gasteiger partial charge in [0.25, 0.3) is 0 Å². The zero-order chi connectivity index (χ0) is 9.78. The molecule has 0 atom stereocenters. The molecular formula is C8H21NO2Si. The molecule has 12 heavy (non-hydrogen) atoms. The van der Waals surface area contributed by atoms with Gasteiger partial charge in [0, 0.05) is 20.3 Å². The molecule has 4 heteroatoms. The Balaban J connectivity index is 4.43. The normalized spacial score (nSPS) is 13.0. The van der Waals surface area contributed by atoms with Gasteiger partial charge in [0.1, 0.15) is 0 Å². The van der Waals surface area contributed by atoms with Crippen LogP contribution in [0.4, 0.5) is 0 Å². The molecule has 74 valence electrons. The molecule has 0 aromatic heterocycles. The van der Waals surface area contributed by atoms with Crippen LogP contribution in [0.3, 0.4) is 0 Å². The monoisotopic (exact) mass is 191 g/mol. The summed E-state index contributed by atoms with van der Waals surface area (Å²) < 4.78 is 13.2. The first-order valence-electron chi connectivity index (χ1n) is 4.38. The van der Waals surface area contributed by atoms with Crippen LogP contribution in [-0.2, 0) is 8.85 Å². The summed E-state index contributed by atoms with van der Waals surface area (Å²) in [6, 6.07) is 0.478. The Labute approximate surface area is 77.0 Å². The van der Waals surface area contributed by atoms with Gasteiger partial charge in [0.2, 0.25) is 0 Å². The van der Waals surface area contributed by atoms with Crippen LogP contribution in [-0.4, -0.2) is 40.1 Å². The molecule has 0 rings (SSSR count). The van der Waals surface area contributed by atoms with E-state index in [1.807, 2.05) is 0 Å². The summed E-state index contributed by atoms with van der Waals surface area (Å²) in [4.78, 5) is 0. The van der Waals surface area contributed by atoms with Crippen molar-refractivity contribution in [2.24, 2.45) is 0 Å². The maximum absolute atomic E-state index is 5.44. The molecule has 0 saturated heterocycles. The molecule has 0 radical (unpaired) electrons. The second-order valence-electron chi connectivity index (χ2n) is 3.19. The molecule has 0 fully saturated rings. The molecule has 0 aromatic rings. The molecule has 0 bridgehead atoms. The molecule has 0 unspecified atom stereocenters. The van der Waals surface area contributed by atoms with E-state index < -0.39 is 8.72 Å². The first-order valence-corrected chi connectivity index (χ1v) is 6.65. The average molecular weight is 191 g/mol. The van der Waals surface area contributed by atoms with Crippen LogP contribution in [0.25, 0.3) is 0 Å². The van der Waals surface area contributed by atoms with Crippen molar-refractivity contribution in [1.29, 1.82) is 0 Å². The van der Waals surface area contributed by atoms with E-state index in [1.54, 1.807) is 14.2 Å². The van der Waals surface area contributed by atoms with E-state index in [4.69, 9.17) is 8.85 Å². The Morgan fingerprint density at radius 1 is 1.25 bits per heavy atom. The first kappa shape index (κ1) is 12.1. The fourth-order valence-electron chi connectivity index (χ4n) is 1.44. The van der Waals surface area contributed by atoms with Gasteiger partial charge in [-0.1, -0.05) is 20.8 Å². The van der Waals surface area contributed by atoms with E-state index in [9.17, 15) is 0 Å². The maximum Gasteiger partial charge on any atom is 0.424 e. The molecule has 0 aliphatic carbocycles. The van der Waals surface area contributed by atoms with Crippen LogP contribution in [0.5, 0.6) is 0 Å². The average Bonchev–Trinajstić information content (AvgIpc) is 2.04. The van der Waals surface area contributed by atoms with Crippen molar-refractivity contribution in [1.82, 2.24) is 4.57 Å². The Morgan fingerprint density at radius 3 is 1.75 bits per heavy atom. The third-order valence-corrected chi connectivity index (χ3v) is 5.63. The third-order valence-electron chi connectivity index (χ3n) is 2.24. The van der Waals surface area contributed by atoms with Crippen LogP contribution in [0.15, 0.2) is 0 Å². The highest BCUT2D eigenvalue weighted by Gasteiger charge is 2.38. The Hall–Kier alpha value is 0.0969. The first-order chi connectivity index (χ1) is 5.51. The van der Waals surface area contributed by atoms with Crippen molar-refractivity contribution in [3.63, 3.8) is 0 Å². The van der Waals surface area contributed by atoms with Gasteiger partial charge >= 0.3 is 8.72 Å². The Bertz CT molecular complexity index is 126. The molecule has 0 aromatic carbocycles. The predicted octanol–water partition coefficient (Wildman–Crippen LogP) is 1.58. The summed E-state index contributed by atoms with van der Waals surface area (Å²) in [7, 11) is 1.39. The van der Waals surface area contributed by atoms with Gasteiger partial charge in [-0.25, -0.2) is 0 Å². The maximum atomic E-state index is 5.44. The quantitative estimate of drug-likeness (QED) is 0.616. The highest BCUT2D eigenvalue weighted by atomic mass is 28.4. The van der Waals surface area contributed by atoms with E-state index in [-0.39, 0.29) is 0 Å². The SMILES string of the molecule is CCN(C(C)C)[Si](C)(OC)OC. The number of hydrogen-bond acceptors (Lipinski definition) is 3. The van der Waals surface area contributed by atoms with E-state index in [0.717, 1.165) is 6.54 Å². The van der Waals surface area contributed by atoms with Gasteiger partial charge in [-0.15, -0.1) is 0 Å². The fraction of sp³-hybridized carbons (Fsp3) is 1.00. The van der Waals surface area contributed by atoms with Crippen molar-refractivity contribution in [2.45, 2.75) is 33.4 Å². The third kappa shape index (κ3) is 2.55. The molecule has 0 amide bonds. The van der Waals surface area contributed by atoms with Crippen LogP contribution < -0.4 is 0 Å². The second kappa shape index (κ2) is 4.96. The Kier molecular flexibility index (Phi) is 5.00. The smallest absolute Gasteiger partial charge is 0.386 e. The lowest BCUT2D eigenvalue weighted by molar-refractivity contribution is 0.155. The van der Waals surface area contributed by atoms with E-state index >= 15 is 0 Å². The highest BCUT2D eigenvalue weighted by molar-refractivity contribution is 6.63. The number of rotatable bonds is 5. The molecule has 0 aliphatic rings. The fourth-order valence-corrected chi connectivity index (χ4v) is 3.59. The van der Waals surface area contributed by atoms with Gasteiger partial charge in [-0.05, 0) is 13.1 Å². The van der Waals surface area contributed by atoms with Gasteiger partial charge in [-0.3, -0.25) is 4.57 Å². The zero-order valence-corrected chi connectivity index (χ0v) is 10.0. The molecule has 3 nitrogen and oxygen atoms in total. The predicted molar refractivity (Wildman–Crippen MR) is 53.2 cm³/mol. The van der Waals surface area contributed by atoms with Gasteiger partial charge < -0.3 is 8.85 Å². The van der Waals surface area contributed by atoms with Crippen molar-refractivity contribution >= 4 is 8.72 Å². The molecule has 0 heterocycles. The lowest BCUT2D eigenvalue weighted by Gasteiger charge is -2.37. The van der Waals surface area contributed by atoms with Gasteiger partial charge in [0.05, 0.1) is 0 Å². The van der Waals surface area contributed by atoms with Crippen LogP contribution in [0.1, 0.15) is 20.8 Å². The van der Waals surface area contributed by atoms with Crippen LogP contribution >= 0.6 is 0 Å². The second-order valence-corrected chi connectivity index (χ2v) is 6.37.